The molecule has 1 N–H and O–H groups in total. The fourth-order valence-electron chi connectivity index (χ4n) is 4.56. The quantitative estimate of drug-likeness (QED) is 0.417. The maximum atomic E-state index is 12.5. The second kappa shape index (κ2) is 12.7. The first kappa shape index (κ1) is 28.9. The van der Waals surface area contributed by atoms with Crippen LogP contribution in [0.4, 0.5) is 13.2 Å². The van der Waals surface area contributed by atoms with Crippen LogP contribution in [0.1, 0.15) is 38.2 Å². The van der Waals surface area contributed by atoms with Crippen LogP contribution < -0.4 is 5.32 Å². The van der Waals surface area contributed by atoms with Gasteiger partial charge in [-0.15, -0.1) is 0 Å². The molecule has 0 saturated carbocycles. The van der Waals surface area contributed by atoms with Crippen LogP contribution in [0.2, 0.25) is 0 Å². The molecule has 3 saturated heterocycles. The van der Waals surface area contributed by atoms with Crippen LogP contribution in [0.5, 0.6) is 0 Å². The summed E-state index contributed by atoms with van der Waals surface area (Å²) in [6.45, 7) is 3.34. The number of piperidine rings is 1. The Morgan fingerprint density at radius 2 is 1.73 bits per heavy atom. The lowest BCUT2D eigenvalue weighted by Crippen LogP contribution is -2.57. The van der Waals surface area contributed by atoms with Crippen molar-refractivity contribution in [2.24, 2.45) is 11.8 Å². The average Bonchev–Trinajstić information content (AvgIpc) is 3.38. The molecular weight excluding hydrogens is 511 g/mol. The van der Waals surface area contributed by atoms with Crippen molar-refractivity contribution in [2.45, 2.75) is 38.3 Å². The highest BCUT2D eigenvalue weighted by Gasteiger charge is 2.42. The number of amides is 2. The number of carbonyl (C=O) groups excluding carboxylic acids is 2. The number of halogens is 3. The molecular formula is C24H34F3N5O4S. The van der Waals surface area contributed by atoms with Gasteiger partial charge in [-0.25, -0.2) is 0 Å². The van der Waals surface area contributed by atoms with Crippen LogP contribution >= 0.6 is 0 Å². The molecule has 9 nitrogen and oxygen atoms in total. The lowest BCUT2D eigenvalue weighted by atomic mass is 9.98. The van der Waals surface area contributed by atoms with Gasteiger partial charge in [-0.1, -0.05) is 12.1 Å². The Labute approximate surface area is 216 Å². The molecule has 206 valence electrons. The Morgan fingerprint density at radius 3 is 2.30 bits per heavy atom. The van der Waals surface area contributed by atoms with Gasteiger partial charge in [-0.3, -0.25) is 9.59 Å². The first-order valence-electron chi connectivity index (χ1n) is 12.3. The highest BCUT2D eigenvalue weighted by atomic mass is 32.2. The van der Waals surface area contributed by atoms with Gasteiger partial charge in [-0.2, -0.15) is 35.5 Å². The lowest BCUT2D eigenvalue weighted by Gasteiger charge is -2.40. The van der Waals surface area contributed by atoms with E-state index in [0.29, 0.717) is 25.9 Å². The van der Waals surface area contributed by atoms with Crippen LogP contribution in [0.3, 0.4) is 0 Å². The topological polar surface area (TPSA) is 114 Å². The van der Waals surface area contributed by atoms with Crippen LogP contribution in [0.25, 0.3) is 0 Å². The zero-order valence-corrected chi connectivity index (χ0v) is 21.3. The largest absolute Gasteiger partial charge is 0.416 e. The predicted molar refractivity (Wildman–Crippen MR) is 131 cm³/mol. The molecule has 1 aromatic carbocycles. The lowest BCUT2D eigenvalue weighted by molar-refractivity contribution is -0.137. The molecule has 0 unspecified atom stereocenters. The normalized spacial score (nSPS) is 21.4. The SMILES string of the molecule is N#CC1CN(S(=O)(=O)N2CCC[C@H](C(=O)N3CCCC3)C2)C1.O=CNCCc1ccc(C(F)(F)F)cc1.[HH]. The Hall–Kier alpha value is -2.69. The number of benzene rings is 1. The molecule has 4 rings (SSSR count). The van der Waals surface area contributed by atoms with E-state index >= 15 is 0 Å². The highest BCUT2D eigenvalue weighted by molar-refractivity contribution is 7.86. The Bertz CT molecular complexity index is 1070. The minimum absolute atomic E-state index is 0. The van der Waals surface area contributed by atoms with Crippen LogP contribution in [-0.2, 0) is 32.4 Å². The number of alkyl halides is 3. The van der Waals surface area contributed by atoms with E-state index in [9.17, 15) is 31.2 Å². The van der Waals surface area contributed by atoms with E-state index in [1.165, 1.54) is 20.7 Å². The van der Waals surface area contributed by atoms with Gasteiger partial charge >= 0.3 is 6.18 Å². The van der Waals surface area contributed by atoms with Crippen molar-refractivity contribution in [3.63, 3.8) is 0 Å². The van der Waals surface area contributed by atoms with E-state index in [0.717, 1.165) is 56.5 Å². The molecule has 3 aliphatic heterocycles. The Kier molecular flexibility index (Phi) is 9.92. The molecule has 0 aliphatic carbocycles. The minimum atomic E-state index is -4.29. The maximum absolute atomic E-state index is 12.5. The Morgan fingerprint density at radius 1 is 1.08 bits per heavy atom. The van der Waals surface area contributed by atoms with Crippen LogP contribution in [0.15, 0.2) is 24.3 Å². The van der Waals surface area contributed by atoms with Crippen LogP contribution in [0, 0.1) is 23.2 Å². The summed E-state index contributed by atoms with van der Waals surface area (Å²) in [5.74, 6) is -0.299. The maximum Gasteiger partial charge on any atom is 0.416 e. The fourth-order valence-corrected chi connectivity index (χ4v) is 6.35. The van der Waals surface area contributed by atoms with Gasteiger partial charge < -0.3 is 10.2 Å². The number of hydrogen-bond acceptors (Lipinski definition) is 5. The van der Waals surface area contributed by atoms with E-state index in [1.54, 1.807) is 0 Å². The van der Waals surface area contributed by atoms with Crippen molar-refractivity contribution in [2.75, 3.05) is 45.8 Å². The first-order chi connectivity index (χ1) is 17.6. The second-order valence-corrected chi connectivity index (χ2v) is 11.3. The van der Waals surface area contributed by atoms with E-state index in [2.05, 4.69) is 11.4 Å². The number of nitrogens with zero attached hydrogens (tertiary/aromatic N) is 4. The molecule has 3 fully saturated rings. The van der Waals surface area contributed by atoms with E-state index in [-0.39, 0.29) is 38.8 Å². The smallest absolute Gasteiger partial charge is 0.358 e. The molecule has 3 aliphatic rings. The van der Waals surface area contributed by atoms with Crippen molar-refractivity contribution >= 4 is 22.5 Å². The van der Waals surface area contributed by atoms with E-state index in [1.807, 2.05) is 4.90 Å². The zero-order chi connectivity index (χ0) is 27.1. The molecule has 0 aromatic heterocycles. The van der Waals surface area contributed by atoms with Crippen molar-refractivity contribution in [1.29, 1.82) is 5.26 Å². The summed E-state index contributed by atoms with van der Waals surface area (Å²) in [5.41, 5.74) is 0.104. The number of carbonyl (C=O) groups is 2. The van der Waals surface area contributed by atoms with Gasteiger partial charge in [0.1, 0.15) is 0 Å². The minimum Gasteiger partial charge on any atom is -0.358 e. The Balaban J connectivity index is 0.000000280. The molecule has 0 spiro atoms. The number of rotatable bonds is 7. The summed E-state index contributed by atoms with van der Waals surface area (Å²) >= 11 is 0. The first-order valence-corrected chi connectivity index (χ1v) is 13.7. The van der Waals surface area contributed by atoms with Gasteiger partial charge in [0.15, 0.2) is 0 Å². The second-order valence-electron chi connectivity index (χ2n) is 9.40. The third-order valence-electron chi connectivity index (χ3n) is 6.76. The molecule has 13 heteroatoms. The predicted octanol–water partition coefficient (Wildman–Crippen LogP) is 2.26. The monoisotopic (exact) mass is 545 g/mol. The van der Waals surface area contributed by atoms with Crippen molar-refractivity contribution < 1.29 is 32.6 Å². The van der Waals surface area contributed by atoms with Crippen molar-refractivity contribution in [1.82, 2.24) is 18.8 Å². The molecule has 37 heavy (non-hydrogen) atoms. The fraction of sp³-hybridized carbons (Fsp3) is 0.625. The summed E-state index contributed by atoms with van der Waals surface area (Å²) in [7, 11) is -3.51. The summed E-state index contributed by atoms with van der Waals surface area (Å²) in [4.78, 5) is 24.3. The van der Waals surface area contributed by atoms with Gasteiger partial charge in [0.2, 0.25) is 12.3 Å². The van der Waals surface area contributed by atoms with Crippen molar-refractivity contribution in [3.05, 3.63) is 35.4 Å². The van der Waals surface area contributed by atoms with Crippen molar-refractivity contribution in [3.8, 4) is 6.07 Å². The number of nitrogens with one attached hydrogen (secondary N) is 1. The standard InChI is InChI=1S/C14H22N4O3S.C10H10F3NO.H2/c15-8-12-9-18(10-12)22(20,21)17-7-3-4-13(11-17)14(19)16-5-1-2-6-16;11-10(12,13)9-3-1-8(2-4-9)5-6-14-7-15;/h12-13H,1-7,9-11H2;1-4,7H,5-6H2,(H,14,15);1H/t13-;;/m0../s1. The molecule has 3 heterocycles. The zero-order valence-electron chi connectivity index (χ0n) is 20.5. The summed E-state index contributed by atoms with van der Waals surface area (Å²) in [5, 5.41) is 11.2. The van der Waals surface area contributed by atoms with Crippen LogP contribution in [-0.4, -0.2) is 80.1 Å². The van der Waals surface area contributed by atoms with E-state index in [4.69, 9.17) is 5.26 Å². The van der Waals surface area contributed by atoms with Gasteiger partial charge in [0.05, 0.1) is 23.5 Å². The van der Waals surface area contributed by atoms with Gasteiger partial charge in [0, 0.05) is 47.2 Å². The molecule has 1 aromatic rings. The average molecular weight is 546 g/mol. The summed E-state index contributed by atoms with van der Waals surface area (Å²) in [6, 6.07) is 6.98. The molecule has 2 amide bonds. The van der Waals surface area contributed by atoms with Gasteiger partial charge in [-0.05, 0) is 49.8 Å². The van der Waals surface area contributed by atoms with Gasteiger partial charge in [0.25, 0.3) is 10.2 Å². The molecule has 1 atom stereocenters. The summed E-state index contributed by atoms with van der Waals surface area (Å²) in [6.07, 6.45) is 0.370. The highest BCUT2D eigenvalue weighted by Crippen LogP contribution is 2.29. The third-order valence-corrected chi connectivity index (χ3v) is 8.69. The molecule has 0 bridgehead atoms. The third kappa shape index (κ3) is 7.66. The number of nitriles is 1. The molecule has 0 radical (unpaired) electrons. The van der Waals surface area contributed by atoms with E-state index < -0.39 is 21.9 Å². The summed E-state index contributed by atoms with van der Waals surface area (Å²) < 4.78 is 64.4. The number of likely N-dealkylation sites (tertiary alicyclic amines) is 1. The number of hydrogen-bond donors (Lipinski definition) is 1.